The third-order valence-corrected chi connectivity index (χ3v) is 9.38. The van der Waals surface area contributed by atoms with Gasteiger partial charge in [0.25, 0.3) is 5.56 Å². The number of benzene rings is 1. The molecule has 276 valence electrons. The van der Waals surface area contributed by atoms with E-state index in [0.717, 1.165) is 11.8 Å². The number of fused-ring (bicyclic) bond motifs is 1. The zero-order valence-electron chi connectivity index (χ0n) is 29.7. The second-order valence-corrected chi connectivity index (χ2v) is 13.4. The Balaban J connectivity index is 1.28. The number of nitrogens with zero attached hydrogens (tertiary/aromatic N) is 7. The average molecular weight is 730 g/mol. The average Bonchev–Trinajstić information content (AvgIpc) is 3.60. The molecular weight excluding hydrogens is 690 g/mol. The Kier molecular flexibility index (Phi) is 10.6. The lowest BCUT2D eigenvalue weighted by atomic mass is 9.99. The molecule has 2 aliphatic heterocycles. The number of likely N-dealkylation sites (N-methyl/N-ethyl adjacent to an activating group) is 1. The van der Waals surface area contributed by atoms with Gasteiger partial charge in [0.05, 0.1) is 57.1 Å². The lowest BCUT2D eigenvalue weighted by molar-refractivity contribution is -0.880. The van der Waals surface area contributed by atoms with Crippen molar-refractivity contribution in [3.63, 3.8) is 0 Å². The van der Waals surface area contributed by atoms with Gasteiger partial charge in [0.15, 0.2) is 23.1 Å². The van der Waals surface area contributed by atoms with Crippen molar-refractivity contribution in [2.24, 2.45) is 4.99 Å². The first-order chi connectivity index (χ1) is 25.4. The second kappa shape index (κ2) is 15.3. The van der Waals surface area contributed by atoms with E-state index in [1.807, 2.05) is 14.1 Å². The number of aromatic nitrogens is 3. The van der Waals surface area contributed by atoms with E-state index < -0.39 is 33.7 Å². The highest BCUT2D eigenvalue weighted by atomic mass is 19.1. The summed E-state index contributed by atoms with van der Waals surface area (Å²) in [5.74, 6) is -2.54. The standard InChI is InChI=1S/C37H38F2N8O6/c1-47(2,22-23-7-14-41-36(23)46(50)51)17-5-6-32(48)44-15-10-26(11-16-44)45-28-19-31(43-25-8-12-40-13-9-25)42-21-24(28)18-27(37(45)49)33-34(38)29(52-3)20-30(53-4)35(33)39/h5-6,8-9,12-14,18-21,26H,7,10-11,15-17,22H2,1-4H3/p+1/b6-5+. The number of nitro groups is 1. The maximum atomic E-state index is 15.8. The van der Waals surface area contributed by atoms with Crippen molar-refractivity contribution < 1.29 is 32.5 Å². The number of pyridine rings is 3. The maximum Gasteiger partial charge on any atom is 0.368 e. The number of carbonyl (C=O) groups is 1. The van der Waals surface area contributed by atoms with Crippen LogP contribution in [0.4, 0.5) is 20.3 Å². The van der Waals surface area contributed by atoms with Crippen molar-refractivity contribution >= 4 is 34.5 Å². The summed E-state index contributed by atoms with van der Waals surface area (Å²) in [7, 11) is 6.32. The van der Waals surface area contributed by atoms with Crippen LogP contribution in [0.15, 0.2) is 82.3 Å². The number of nitrogens with one attached hydrogen (secondary N) is 1. The number of halogens is 2. The molecule has 0 aliphatic carbocycles. The normalized spacial score (nSPS) is 15.1. The molecule has 1 saturated heterocycles. The predicted octanol–water partition coefficient (Wildman–Crippen LogP) is 5.26. The molecule has 6 rings (SSSR count). The van der Waals surface area contributed by atoms with Gasteiger partial charge in [0.2, 0.25) is 5.91 Å². The number of anilines is 2. The van der Waals surface area contributed by atoms with Crippen molar-refractivity contribution in [2.75, 3.05) is 59.8 Å². The summed E-state index contributed by atoms with van der Waals surface area (Å²) in [4.78, 5) is 52.6. The van der Waals surface area contributed by atoms with Crippen molar-refractivity contribution in [3.8, 4) is 22.6 Å². The first-order valence-corrected chi connectivity index (χ1v) is 16.9. The topological polar surface area (TPSA) is 154 Å². The molecule has 2 aliphatic rings. The fourth-order valence-corrected chi connectivity index (χ4v) is 6.75. The van der Waals surface area contributed by atoms with Gasteiger partial charge in [-0.2, -0.15) is 0 Å². The van der Waals surface area contributed by atoms with Crippen LogP contribution in [-0.2, 0) is 4.79 Å². The number of hydrogen-bond donors (Lipinski definition) is 1. The Labute approximate surface area is 303 Å². The quantitative estimate of drug-likeness (QED) is 0.0891. The summed E-state index contributed by atoms with van der Waals surface area (Å²) in [5.41, 5.74) is 0.423. The van der Waals surface area contributed by atoms with Crippen molar-refractivity contribution in [1.29, 1.82) is 0 Å². The predicted molar refractivity (Wildman–Crippen MR) is 195 cm³/mol. The molecule has 1 aromatic carbocycles. The number of hydrogen-bond acceptors (Lipinski definition) is 10. The molecule has 1 amide bonds. The Morgan fingerprint density at radius 2 is 1.77 bits per heavy atom. The molecule has 1 N–H and O–H groups in total. The minimum Gasteiger partial charge on any atom is -0.494 e. The molecule has 0 spiro atoms. The third kappa shape index (κ3) is 7.77. The molecule has 0 atom stereocenters. The van der Waals surface area contributed by atoms with Gasteiger partial charge in [-0.15, -0.1) is 0 Å². The summed E-state index contributed by atoms with van der Waals surface area (Å²) in [5, 5.41) is 15.0. The molecular formula is C37H39F2N8O6+. The van der Waals surface area contributed by atoms with Crippen LogP contribution in [-0.4, -0.2) is 95.5 Å². The fourth-order valence-electron chi connectivity index (χ4n) is 6.75. The molecule has 3 aromatic heterocycles. The number of methoxy groups -OCH3 is 2. The highest BCUT2D eigenvalue weighted by Gasteiger charge is 2.31. The van der Waals surface area contributed by atoms with Crippen LogP contribution in [0.3, 0.4) is 0 Å². The summed E-state index contributed by atoms with van der Waals surface area (Å²) in [6, 6.07) is 7.30. The van der Waals surface area contributed by atoms with Gasteiger partial charge in [0, 0.05) is 73.4 Å². The lowest BCUT2D eigenvalue weighted by Gasteiger charge is -2.33. The maximum absolute atomic E-state index is 15.8. The van der Waals surface area contributed by atoms with E-state index in [1.54, 1.807) is 41.6 Å². The largest absolute Gasteiger partial charge is 0.494 e. The van der Waals surface area contributed by atoms with E-state index in [1.165, 1.54) is 43.3 Å². The van der Waals surface area contributed by atoms with Crippen LogP contribution in [0.5, 0.6) is 11.5 Å². The second-order valence-electron chi connectivity index (χ2n) is 13.4. The minimum atomic E-state index is -1.04. The number of quaternary nitrogens is 1. The van der Waals surface area contributed by atoms with Crippen LogP contribution in [0.25, 0.3) is 22.0 Å². The number of ether oxygens (including phenoxy) is 2. The number of carbonyl (C=O) groups excluding carboxylic acids is 1. The van der Waals surface area contributed by atoms with E-state index in [2.05, 4.69) is 20.3 Å². The molecule has 16 heteroatoms. The van der Waals surface area contributed by atoms with Gasteiger partial charge in [-0.1, -0.05) is 4.99 Å². The van der Waals surface area contributed by atoms with E-state index >= 15 is 8.78 Å². The number of aliphatic imine (C=N–C) groups is 1. The molecule has 1 fully saturated rings. The van der Waals surface area contributed by atoms with E-state index in [0.29, 0.717) is 72.2 Å². The number of likely N-dealkylation sites (tertiary alicyclic amines) is 1. The summed E-state index contributed by atoms with van der Waals surface area (Å²) >= 11 is 0. The molecule has 0 radical (unpaired) electrons. The van der Waals surface area contributed by atoms with Crippen molar-refractivity contribution in [1.82, 2.24) is 19.4 Å². The first kappa shape index (κ1) is 36.8. The smallest absolute Gasteiger partial charge is 0.368 e. The number of amides is 1. The van der Waals surface area contributed by atoms with Crippen molar-refractivity contribution in [3.05, 3.63) is 105 Å². The summed E-state index contributed by atoms with van der Waals surface area (Å²) < 4.78 is 43.8. The number of rotatable bonds is 12. The van der Waals surface area contributed by atoms with Crippen molar-refractivity contribution in [2.45, 2.75) is 25.3 Å². The van der Waals surface area contributed by atoms with E-state index in [-0.39, 0.29) is 28.8 Å². The molecule has 4 aromatic rings. The zero-order chi connectivity index (χ0) is 37.9. The Morgan fingerprint density at radius 1 is 1.09 bits per heavy atom. The van der Waals surface area contributed by atoms with Crippen LogP contribution < -0.4 is 20.3 Å². The van der Waals surface area contributed by atoms with Gasteiger partial charge in [-0.05, 0) is 42.0 Å². The lowest BCUT2D eigenvalue weighted by Crippen LogP contribution is -2.42. The molecule has 0 saturated carbocycles. The van der Waals surface area contributed by atoms with E-state index in [9.17, 15) is 19.7 Å². The Morgan fingerprint density at radius 3 is 2.42 bits per heavy atom. The molecule has 14 nitrogen and oxygen atoms in total. The van der Waals surface area contributed by atoms with Gasteiger partial charge < -0.3 is 38.9 Å². The van der Waals surface area contributed by atoms with Gasteiger partial charge >= 0.3 is 5.82 Å². The van der Waals surface area contributed by atoms with Gasteiger partial charge in [0.1, 0.15) is 18.6 Å². The van der Waals surface area contributed by atoms with Gasteiger partial charge in [-0.3, -0.25) is 14.6 Å². The molecule has 5 heterocycles. The highest BCUT2D eigenvalue weighted by Crippen LogP contribution is 2.38. The third-order valence-electron chi connectivity index (χ3n) is 9.38. The minimum absolute atomic E-state index is 0.118. The van der Waals surface area contributed by atoms with Crippen LogP contribution in [0.1, 0.15) is 25.3 Å². The van der Waals surface area contributed by atoms with Crippen LogP contribution >= 0.6 is 0 Å². The summed E-state index contributed by atoms with van der Waals surface area (Å²) in [6.45, 7) is 1.51. The SMILES string of the molecule is COc1cc(OC)c(F)c(-c2cc3cnc(Nc4ccncc4)cc3n(C3CCN(C(=O)/C=C/C[N+](C)(C)CC4=C([N+](=O)[O-])N=CC4)CC3)c2=O)c1F. The first-order valence-electron chi connectivity index (χ1n) is 16.9. The number of piperidine rings is 1. The zero-order valence-corrected chi connectivity index (χ0v) is 29.7. The molecule has 53 heavy (non-hydrogen) atoms. The van der Waals surface area contributed by atoms with Crippen LogP contribution in [0.2, 0.25) is 0 Å². The van der Waals surface area contributed by atoms with Crippen LogP contribution in [0, 0.1) is 21.7 Å². The monoisotopic (exact) mass is 729 g/mol. The molecule has 0 unspecified atom stereocenters. The highest BCUT2D eigenvalue weighted by molar-refractivity contribution is 5.88. The van der Waals surface area contributed by atoms with E-state index in [4.69, 9.17) is 9.47 Å². The molecule has 0 bridgehead atoms. The summed E-state index contributed by atoms with van der Waals surface area (Å²) in [6.07, 6.45) is 10.8. The Hall–Kier alpha value is -6.03. The Bertz CT molecular complexity index is 2180. The fraction of sp³-hybridized carbons (Fsp3) is 0.324. The van der Waals surface area contributed by atoms with Gasteiger partial charge in [-0.25, -0.2) is 13.8 Å².